The minimum absolute atomic E-state index is 0.0322. The van der Waals surface area contributed by atoms with E-state index in [0.29, 0.717) is 64.6 Å². The van der Waals surface area contributed by atoms with Crippen molar-refractivity contribution < 1.29 is 9.32 Å². The molecule has 0 atom stereocenters. The summed E-state index contributed by atoms with van der Waals surface area (Å²) >= 11 is 6.32. The molecular weight excluding hydrogens is 430 g/mol. The van der Waals surface area contributed by atoms with E-state index in [9.17, 15) is 9.59 Å². The van der Waals surface area contributed by atoms with Crippen molar-refractivity contribution >= 4 is 28.5 Å². The summed E-state index contributed by atoms with van der Waals surface area (Å²) in [6, 6.07) is 10.7. The molecule has 0 unspecified atom stereocenters. The minimum atomic E-state index is -0.148. The molecule has 0 bridgehead atoms. The first-order chi connectivity index (χ1) is 15.5. The molecule has 5 rings (SSSR count). The second-order valence-corrected chi connectivity index (χ2v) is 8.20. The third-order valence-corrected chi connectivity index (χ3v) is 6.24. The highest BCUT2D eigenvalue weighted by molar-refractivity contribution is 6.33. The molecule has 0 radical (unpaired) electrons. The lowest BCUT2D eigenvalue weighted by Gasteiger charge is -2.32. The topological polar surface area (TPSA) is 94.1 Å². The van der Waals surface area contributed by atoms with E-state index >= 15 is 0 Å². The molecule has 162 valence electrons. The summed E-state index contributed by atoms with van der Waals surface area (Å²) in [4.78, 5) is 36.5. The predicted octanol–water partition coefficient (Wildman–Crippen LogP) is 3.89. The number of carbonyl (C=O) groups is 1. The van der Waals surface area contributed by atoms with Crippen molar-refractivity contribution in [1.29, 1.82) is 0 Å². The molecule has 1 fully saturated rings. The zero-order valence-corrected chi connectivity index (χ0v) is 18.1. The number of hydrogen-bond acceptors (Lipinski definition) is 6. The molecule has 1 aliphatic heterocycles. The number of pyridine rings is 1. The van der Waals surface area contributed by atoms with Gasteiger partial charge in [-0.3, -0.25) is 14.2 Å². The first-order valence-corrected chi connectivity index (χ1v) is 10.7. The maximum Gasteiger partial charge on any atom is 0.263 e. The largest absolute Gasteiger partial charge is 0.360 e. The van der Waals surface area contributed by atoms with Gasteiger partial charge in [0.15, 0.2) is 5.65 Å². The number of likely N-dealkylation sites (tertiary alicyclic amines) is 1. The zero-order chi connectivity index (χ0) is 22.2. The standard InChI is InChI=1S/C23H20ClN5O3/c1-14-19(20(27-32-14)16-5-2-3-7-18(16)24)23(31)28-11-8-15(9-12-28)29-13-26-21-17(22(29)30)6-4-10-25-21/h2-7,10,13,15H,8-9,11-12H2,1H3. The Kier molecular flexibility index (Phi) is 5.22. The van der Waals surface area contributed by atoms with Crippen molar-refractivity contribution in [2.75, 3.05) is 13.1 Å². The number of amides is 1. The highest BCUT2D eigenvalue weighted by atomic mass is 35.5. The molecule has 4 heterocycles. The lowest BCUT2D eigenvalue weighted by molar-refractivity contribution is 0.0692. The summed E-state index contributed by atoms with van der Waals surface area (Å²) < 4.78 is 7.01. The zero-order valence-electron chi connectivity index (χ0n) is 17.4. The molecule has 1 amide bonds. The average Bonchev–Trinajstić information content (AvgIpc) is 3.20. The number of carbonyl (C=O) groups excluding carboxylic acids is 1. The van der Waals surface area contributed by atoms with E-state index < -0.39 is 0 Å². The maximum atomic E-state index is 13.4. The number of aryl methyl sites for hydroxylation is 1. The van der Waals surface area contributed by atoms with Crippen LogP contribution in [-0.4, -0.2) is 43.6 Å². The second-order valence-electron chi connectivity index (χ2n) is 7.80. The average molecular weight is 450 g/mol. The summed E-state index contributed by atoms with van der Waals surface area (Å²) in [5.41, 5.74) is 1.86. The SMILES string of the molecule is Cc1onc(-c2ccccc2Cl)c1C(=O)N1CCC(n2cnc3ncccc3c2=O)CC1. The Morgan fingerprint density at radius 1 is 1.12 bits per heavy atom. The fraction of sp³-hybridized carbons (Fsp3) is 0.261. The number of hydrogen-bond donors (Lipinski definition) is 0. The first kappa shape index (κ1) is 20.4. The summed E-state index contributed by atoms with van der Waals surface area (Å²) in [5, 5.41) is 5.10. The number of fused-ring (bicyclic) bond motifs is 1. The molecule has 3 aromatic heterocycles. The van der Waals surface area contributed by atoms with Gasteiger partial charge in [-0.05, 0) is 38.0 Å². The minimum Gasteiger partial charge on any atom is -0.360 e. The molecule has 8 nitrogen and oxygen atoms in total. The Morgan fingerprint density at radius 3 is 2.69 bits per heavy atom. The van der Waals surface area contributed by atoms with Gasteiger partial charge in [0, 0.05) is 30.9 Å². The van der Waals surface area contributed by atoms with Crippen LogP contribution in [0, 0.1) is 6.92 Å². The van der Waals surface area contributed by atoms with Crippen molar-refractivity contribution in [1.82, 2.24) is 24.6 Å². The van der Waals surface area contributed by atoms with Gasteiger partial charge in [0.05, 0.1) is 10.4 Å². The Labute approximate surface area is 188 Å². The summed E-state index contributed by atoms with van der Waals surface area (Å²) in [6.07, 6.45) is 4.46. The van der Waals surface area contributed by atoms with Crippen molar-refractivity contribution in [2.45, 2.75) is 25.8 Å². The molecule has 0 spiro atoms. The second kappa shape index (κ2) is 8.20. The lowest BCUT2D eigenvalue weighted by atomic mass is 10.0. The molecule has 1 aliphatic rings. The number of piperidine rings is 1. The summed E-state index contributed by atoms with van der Waals surface area (Å²) in [7, 11) is 0. The molecule has 0 aliphatic carbocycles. The molecule has 4 aromatic rings. The van der Waals surface area contributed by atoms with E-state index in [1.807, 2.05) is 18.2 Å². The van der Waals surface area contributed by atoms with Gasteiger partial charge < -0.3 is 9.42 Å². The van der Waals surface area contributed by atoms with Crippen molar-refractivity contribution in [2.24, 2.45) is 0 Å². The van der Waals surface area contributed by atoms with Crippen molar-refractivity contribution in [3.05, 3.63) is 75.6 Å². The van der Waals surface area contributed by atoms with Gasteiger partial charge in [-0.25, -0.2) is 9.97 Å². The van der Waals surface area contributed by atoms with Gasteiger partial charge in [-0.2, -0.15) is 0 Å². The van der Waals surface area contributed by atoms with Gasteiger partial charge in [-0.15, -0.1) is 0 Å². The molecule has 0 N–H and O–H groups in total. The fourth-order valence-electron chi connectivity index (χ4n) is 4.20. The highest BCUT2D eigenvalue weighted by Gasteiger charge is 2.30. The monoisotopic (exact) mass is 449 g/mol. The van der Waals surface area contributed by atoms with Gasteiger partial charge in [0.1, 0.15) is 23.3 Å². The van der Waals surface area contributed by atoms with Crippen LogP contribution < -0.4 is 5.56 Å². The van der Waals surface area contributed by atoms with Crippen molar-refractivity contribution in [3.8, 4) is 11.3 Å². The third kappa shape index (κ3) is 3.46. The Hall–Kier alpha value is -3.52. The summed E-state index contributed by atoms with van der Waals surface area (Å²) in [5.74, 6) is 0.305. The number of nitrogens with zero attached hydrogens (tertiary/aromatic N) is 5. The van der Waals surface area contributed by atoms with E-state index in [0.717, 1.165) is 0 Å². The molecule has 1 aromatic carbocycles. The van der Waals surface area contributed by atoms with Crippen LogP contribution in [0.2, 0.25) is 5.02 Å². The van der Waals surface area contributed by atoms with Crippen LogP contribution in [-0.2, 0) is 0 Å². The normalized spacial score (nSPS) is 14.8. The molecule has 0 saturated carbocycles. The van der Waals surface area contributed by atoms with E-state index in [1.54, 1.807) is 47.1 Å². The Bertz CT molecular complexity index is 1370. The molecule has 9 heteroatoms. The predicted molar refractivity (Wildman–Crippen MR) is 120 cm³/mol. The van der Waals surface area contributed by atoms with Crippen LogP contribution >= 0.6 is 11.6 Å². The van der Waals surface area contributed by atoms with Gasteiger partial charge >= 0.3 is 0 Å². The summed E-state index contributed by atoms with van der Waals surface area (Å²) in [6.45, 7) is 2.74. The number of aromatic nitrogens is 4. The molecule has 32 heavy (non-hydrogen) atoms. The van der Waals surface area contributed by atoms with Crippen LogP contribution in [0.1, 0.15) is 35.0 Å². The van der Waals surface area contributed by atoms with Crippen molar-refractivity contribution in [3.63, 3.8) is 0 Å². The van der Waals surface area contributed by atoms with E-state index in [4.69, 9.17) is 16.1 Å². The Balaban J connectivity index is 1.37. The quantitative estimate of drug-likeness (QED) is 0.471. The fourth-order valence-corrected chi connectivity index (χ4v) is 4.43. The third-order valence-electron chi connectivity index (χ3n) is 5.91. The molecular formula is C23H20ClN5O3. The van der Waals surface area contributed by atoms with Gasteiger partial charge in [0.25, 0.3) is 11.5 Å². The van der Waals surface area contributed by atoms with E-state index in [1.165, 1.54) is 0 Å². The van der Waals surface area contributed by atoms with Crippen LogP contribution in [0.4, 0.5) is 0 Å². The number of rotatable bonds is 3. The number of halogens is 1. The smallest absolute Gasteiger partial charge is 0.263 e. The van der Waals surface area contributed by atoms with Crippen LogP contribution in [0.15, 0.2) is 58.2 Å². The maximum absolute atomic E-state index is 13.4. The van der Waals surface area contributed by atoms with E-state index in [-0.39, 0.29) is 17.5 Å². The Morgan fingerprint density at radius 2 is 1.91 bits per heavy atom. The van der Waals surface area contributed by atoms with Gasteiger partial charge in [-0.1, -0.05) is 35.0 Å². The van der Waals surface area contributed by atoms with Crippen LogP contribution in [0.5, 0.6) is 0 Å². The van der Waals surface area contributed by atoms with E-state index in [2.05, 4.69) is 15.1 Å². The van der Waals surface area contributed by atoms with Gasteiger partial charge in [0.2, 0.25) is 0 Å². The van der Waals surface area contributed by atoms with Crippen LogP contribution in [0.3, 0.4) is 0 Å². The first-order valence-electron chi connectivity index (χ1n) is 10.4. The molecule has 1 saturated heterocycles. The lowest BCUT2D eigenvalue weighted by Crippen LogP contribution is -2.41. The van der Waals surface area contributed by atoms with Crippen LogP contribution in [0.25, 0.3) is 22.3 Å². The number of benzene rings is 1. The highest BCUT2D eigenvalue weighted by Crippen LogP contribution is 2.32.